The van der Waals surface area contributed by atoms with Crippen LogP contribution in [-0.2, 0) is 6.54 Å². The van der Waals surface area contributed by atoms with Gasteiger partial charge in [0.25, 0.3) is 5.91 Å². The lowest BCUT2D eigenvalue weighted by atomic mass is 10.0. The maximum absolute atomic E-state index is 12.8. The van der Waals surface area contributed by atoms with Crippen molar-refractivity contribution < 1.29 is 4.79 Å². The van der Waals surface area contributed by atoms with E-state index in [9.17, 15) is 4.79 Å². The number of nitrogens with two attached hydrogens (primary N) is 1. The second-order valence-corrected chi connectivity index (χ2v) is 7.56. The predicted octanol–water partition coefficient (Wildman–Crippen LogP) is 4.98. The molecule has 0 spiro atoms. The van der Waals surface area contributed by atoms with Gasteiger partial charge >= 0.3 is 0 Å². The molecule has 0 atom stereocenters. The molecule has 5 aromatic rings. The van der Waals surface area contributed by atoms with Gasteiger partial charge in [-0.2, -0.15) is 0 Å². The number of carbonyl (C=O) groups excluding carboxylic acids is 1. The first-order valence-corrected chi connectivity index (χ1v) is 10.3. The van der Waals surface area contributed by atoms with Gasteiger partial charge in [-0.25, -0.2) is 4.68 Å². The van der Waals surface area contributed by atoms with Crippen LogP contribution in [0, 0.1) is 0 Å². The summed E-state index contributed by atoms with van der Waals surface area (Å²) in [6.45, 7) is 0.521. The summed E-state index contributed by atoms with van der Waals surface area (Å²) in [6, 6.07) is 29.8. The van der Waals surface area contributed by atoms with Crippen LogP contribution in [0.5, 0.6) is 0 Å². The minimum atomic E-state index is -0.355. The number of fused-ring (bicyclic) bond motifs is 1. The van der Waals surface area contributed by atoms with E-state index in [0.717, 1.165) is 27.5 Å². The molecule has 0 saturated heterocycles. The van der Waals surface area contributed by atoms with Gasteiger partial charge in [-0.3, -0.25) is 4.79 Å². The Hall–Kier alpha value is -4.45. The van der Waals surface area contributed by atoms with Gasteiger partial charge in [-0.1, -0.05) is 84.1 Å². The van der Waals surface area contributed by atoms with Crippen LogP contribution >= 0.6 is 0 Å². The third-order valence-corrected chi connectivity index (χ3v) is 5.39. The Morgan fingerprint density at radius 1 is 0.875 bits per heavy atom. The molecule has 156 valence electrons. The summed E-state index contributed by atoms with van der Waals surface area (Å²) >= 11 is 0. The highest BCUT2D eigenvalue weighted by molar-refractivity contribution is 6.04. The first-order chi connectivity index (χ1) is 15.7. The zero-order valence-electron chi connectivity index (χ0n) is 17.3. The van der Waals surface area contributed by atoms with Gasteiger partial charge in [0.05, 0.1) is 24.1 Å². The number of benzene rings is 4. The zero-order chi connectivity index (χ0) is 21.9. The predicted molar refractivity (Wildman–Crippen MR) is 127 cm³/mol. The summed E-state index contributed by atoms with van der Waals surface area (Å²) in [5.41, 5.74) is 10.5. The topological polar surface area (TPSA) is 85.8 Å². The van der Waals surface area contributed by atoms with Crippen molar-refractivity contribution in [1.29, 1.82) is 0 Å². The number of hydrogen-bond donors (Lipinski definition) is 2. The van der Waals surface area contributed by atoms with E-state index in [2.05, 4.69) is 39.9 Å². The van der Waals surface area contributed by atoms with E-state index in [4.69, 9.17) is 5.73 Å². The fourth-order valence-electron chi connectivity index (χ4n) is 3.75. The SMILES string of the molecule is Nc1ccc(-c2ccccc2)cc1NC(=O)c1cn(Cc2cccc3ccccc23)nn1. The molecule has 1 amide bonds. The quantitative estimate of drug-likeness (QED) is 0.393. The molecule has 0 fully saturated rings. The number of amides is 1. The number of nitrogen functional groups attached to an aromatic ring is 1. The molecule has 4 aromatic carbocycles. The van der Waals surface area contributed by atoms with E-state index in [1.54, 1.807) is 16.9 Å². The second kappa shape index (κ2) is 8.35. The normalized spacial score (nSPS) is 10.9. The minimum Gasteiger partial charge on any atom is -0.397 e. The van der Waals surface area contributed by atoms with Crippen molar-refractivity contribution in [2.24, 2.45) is 0 Å². The lowest BCUT2D eigenvalue weighted by Gasteiger charge is -2.10. The maximum atomic E-state index is 12.8. The first-order valence-electron chi connectivity index (χ1n) is 10.3. The highest BCUT2D eigenvalue weighted by atomic mass is 16.2. The van der Waals surface area contributed by atoms with E-state index in [1.807, 2.05) is 60.7 Å². The van der Waals surface area contributed by atoms with Gasteiger partial charge < -0.3 is 11.1 Å². The molecule has 5 rings (SSSR count). The molecule has 0 aliphatic rings. The van der Waals surface area contributed by atoms with E-state index in [0.29, 0.717) is 17.9 Å². The molecule has 32 heavy (non-hydrogen) atoms. The van der Waals surface area contributed by atoms with Crippen molar-refractivity contribution in [2.75, 3.05) is 11.1 Å². The summed E-state index contributed by atoms with van der Waals surface area (Å²) in [5, 5.41) is 13.4. The van der Waals surface area contributed by atoms with Crippen molar-refractivity contribution in [3.05, 3.63) is 108 Å². The molecule has 1 heterocycles. The molecular formula is C26H21N5O. The molecule has 0 radical (unpaired) electrons. The van der Waals surface area contributed by atoms with Gasteiger partial charge in [-0.15, -0.1) is 5.10 Å². The Kier molecular flexibility index (Phi) is 5.09. The largest absolute Gasteiger partial charge is 0.397 e. The Balaban J connectivity index is 1.35. The van der Waals surface area contributed by atoms with Gasteiger partial charge in [0, 0.05) is 0 Å². The van der Waals surface area contributed by atoms with Crippen LogP contribution in [0.25, 0.3) is 21.9 Å². The molecule has 3 N–H and O–H groups in total. The molecule has 0 bridgehead atoms. The molecule has 0 unspecified atom stereocenters. The van der Waals surface area contributed by atoms with E-state index in [1.165, 1.54) is 0 Å². The average molecular weight is 419 g/mol. The number of anilines is 2. The van der Waals surface area contributed by atoms with Crippen LogP contribution in [0.15, 0.2) is 97.2 Å². The minimum absolute atomic E-state index is 0.231. The molecule has 0 aliphatic carbocycles. The van der Waals surface area contributed by atoms with Crippen LogP contribution in [0.3, 0.4) is 0 Å². The third-order valence-electron chi connectivity index (χ3n) is 5.39. The number of rotatable bonds is 5. The lowest BCUT2D eigenvalue weighted by Crippen LogP contribution is -2.13. The number of hydrogen-bond acceptors (Lipinski definition) is 4. The van der Waals surface area contributed by atoms with Crippen LogP contribution in [0.2, 0.25) is 0 Å². The number of nitrogens with zero attached hydrogens (tertiary/aromatic N) is 3. The summed E-state index contributed by atoms with van der Waals surface area (Å²) in [7, 11) is 0. The van der Waals surface area contributed by atoms with E-state index in [-0.39, 0.29) is 11.6 Å². The molecule has 1 aromatic heterocycles. The zero-order valence-corrected chi connectivity index (χ0v) is 17.3. The van der Waals surface area contributed by atoms with Crippen molar-refractivity contribution in [2.45, 2.75) is 6.54 Å². The summed E-state index contributed by atoms with van der Waals surface area (Å²) < 4.78 is 1.67. The number of carbonyl (C=O) groups is 1. The molecule has 0 aliphatic heterocycles. The summed E-state index contributed by atoms with van der Waals surface area (Å²) in [4.78, 5) is 12.8. The fraction of sp³-hybridized carbons (Fsp3) is 0.0385. The Morgan fingerprint density at radius 2 is 1.66 bits per heavy atom. The molecule has 6 heteroatoms. The Morgan fingerprint density at radius 3 is 2.53 bits per heavy atom. The first kappa shape index (κ1) is 19.5. The summed E-state index contributed by atoms with van der Waals surface area (Å²) in [6.07, 6.45) is 1.65. The van der Waals surface area contributed by atoms with Crippen molar-refractivity contribution in [3.8, 4) is 11.1 Å². The van der Waals surface area contributed by atoms with E-state index >= 15 is 0 Å². The van der Waals surface area contributed by atoms with Gasteiger partial charge in [-0.05, 0) is 39.6 Å². The van der Waals surface area contributed by atoms with Crippen LogP contribution in [0.1, 0.15) is 16.1 Å². The van der Waals surface area contributed by atoms with Crippen molar-refractivity contribution in [1.82, 2.24) is 15.0 Å². The van der Waals surface area contributed by atoms with Gasteiger partial charge in [0.15, 0.2) is 5.69 Å². The van der Waals surface area contributed by atoms with Gasteiger partial charge in [0.2, 0.25) is 0 Å². The highest BCUT2D eigenvalue weighted by Crippen LogP contribution is 2.27. The summed E-state index contributed by atoms with van der Waals surface area (Å²) in [5.74, 6) is -0.355. The highest BCUT2D eigenvalue weighted by Gasteiger charge is 2.14. The Labute approximate surface area is 185 Å². The molecular weight excluding hydrogens is 398 g/mol. The monoisotopic (exact) mass is 419 g/mol. The molecule has 0 saturated carbocycles. The Bertz CT molecular complexity index is 1400. The van der Waals surface area contributed by atoms with E-state index < -0.39 is 0 Å². The number of aromatic nitrogens is 3. The third kappa shape index (κ3) is 3.94. The van der Waals surface area contributed by atoms with Gasteiger partial charge in [0.1, 0.15) is 0 Å². The van der Waals surface area contributed by atoms with Crippen LogP contribution in [-0.4, -0.2) is 20.9 Å². The van der Waals surface area contributed by atoms with Crippen LogP contribution < -0.4 is 11.1 Å². The number of nitrogens with one attached hydrogen (secondary N) is 1. The standard InChI is InChI=1S/C26H21N5O/c27-23-14-13-20(18-7-2-1-3-8-18)15-24(23)28-26(32)25-17-31(30-29-25)16-21-11-6-10-19-9-4-5-12-22(19)21/h1-15,17H,16,27H2,(H,28,32). The second-order valence-electron chi connectivity index (χ2n) is 7.56. The van der Waals surface area contributed by atoms with Crippen molar-refractivity contribution in [3.63, 3.8) is 0 Å². The fourth-order valence-corrected chi connectivity index (χ4v) is 3.75. The van der Waals surface area contributed by atoms with Crippen molar-refractivity contribution >= 4 is 28.1 Å². The average Bonchev–Trinajstić information content (AvgIpc) is 3.30. The molecule has 6 nitrogen and oxygen atoms in total. The maximum Gasteiger partial charge on any atom is 0.277 e. The smallest absolute Gasteiger partial charge is 0.277 e. The lowest BCUT2D eigenvalue weighted by molar-refractivity contribution is 0.102. The van der Waals surface area contributed by atoms with Crippen LogP contribution in [0.4, 0.5) is 11.4 Å².